The van der Waals surface area contributed by atoms with Crippen LogP contribution in [0.1, 0.15) is 62.8 Å². The maximum Gasteiger partial charge on any atom is 0.306 e. The largest absolute Gasteiger partial charge is 0.497 e. The molecule has 0 fully saturated rings. The predicted octanol–water partition coefficient (Wildman–Crippen LogP) is 4.98. The van der Waals surface area contributed by atoms with Crippen molar-refractivity contribution in [2.24, 2.45) is 4.99 Å². The predicted molar refractivity (Wildman–Crippen MR) is 171 cm³/mol. The lowest BCUT2D eigenvalue weighted by molar-refractivity contribution is -0.155. The second-order valence-electron chi connectivity index (χ2n) is 12.1. The number of aliphatic imine (C=N–C) groups is 1. The van der Waals surface area contributed by atoms with Crippen molar-refractivity contribution in [2.45, 2.75) is 63.7 Å². The number of hydrogen-bond acceptors (Lipinski definition) is 9. The number of rotatable bonds is 15. The number of amides is 1. The molecule has 0 unspecified atom stereocenters. The van der Waals surface area contributed by atoms with E-state index in [9.17, 15) is 18.4 Å². The fourth-order valence-electron chi connectivity index (χ4n) is 5.07. The maximum absolute atomic E-state index is 14.2. The molecule has 1 aliphatic rings. The van der Waals surface area contributed by atoms with Gasteiger partial charge in [-0.2, -0.15) is 0 Å². The number of aliphatic hydroxyl groups excluding tert-OH is 1. The highest BCUT2D eigenvalue weighted by atomic mass is 19.1. The van der Waals surface area contributed by atoms with Crippen molar-refractivity contribution in [3.63, 3.8) is 0 Å². The van der Waals surface area contributed by atoms with E-state index in [0.717, 1.165) is 6.07 Å². The first-order valence-electron chi connectivity index (χ1n) is 15.4. The van der Waals surface area contributed by atoms with Gasteiger partial charge in [-0.3, -0.25) is 15.0 Å². The Hall–Kier alpha value is -4.55. The van der Waals surface area contributed by atoms with Crippen molar-refractivity contribution in [3.8, 4) is 11.5 Å². The second kappa shape index (κ2) is 15.8. The lowest BCUT2D eigenvalue weighted by Gasteiger charge is -2.31. The van der Waals surface area contributed by atoms with Crippen molar-refractivity contribution in [1.82, 2.24) is 10.9 Å². The van der Waals surface area contributed by atoms with Crippen molar-refractivity contribution in [1.29, 1.82) is 0 Å². The summed E-state index contributed by atoms with van der Waals surface area (Å²) in [6.07, 6.45) is -0.488. The molecular formula is C35H41F2N3O7. The molecule has 10 nitrogen and oxygen atoms in total. The van der Waals surface area contributed by atoms with Crippen LogP contribution in [-0.4, -0.2) is 60.9 Å². The fraction of sp³-hybridized carbons (Fsp3) is 0.400. The number of hydrogen-bond donors (Lipinski definition) is 3. The number of carbonyl (C=O) groups is 2. The zero-order valence-corrected chi connectivity index (χ0v) is 27.0. The Morgan fingerprint density at radius 1 is 1.02 bits per heavy atom. The van der Waals surface area contributed by atoms with Gasteiger partial charge in [0.1, 0.15) is 28.7 Å². The normalized spacial score (nSPS) is 17.4. The minimum absolute atomic E-state index is 0.0139. The summed E-state index contributed by atoms with van der Waals surface area (Å²) in [5.74, 6) is -1.19. The minimum atomic E-state index is -1.65. The Morgan fingerprint density at radius 3 is 2.40 bits per heavy atom. The van der Waals surface area contributed by atoms with E-state index in [1.807, 2.05) is 0 Å². The third-order valence-electron chi connectivity index (χ3n) is 7.22. The van der Waals surface area contributed by atoms with Gasteiger partial charge in [-0.15, -0.1) is 0 Å². The van der Waals surface area contributed by atoms with Gasteiger partial charge in [0.25, 0.3) is 5.91 Å². The number of methoxy groups -OCH3 is 1. The Labute approximate surface area is 273 Å². The van der Waals surface area contributed by atoms with Crippen molar-refractivity contribution in [2.75, 3.05) is 26.9 Å². The van der Waals surface area contributed by atoms with E-state index >= 15 is 0 Å². The number of hydrazine groups is 1. The summed E-state index contributed by atoms with van der Waals surface area (Å²) in [5, 5.41) is 9.04. The molecule has 0 aromatic heterocycles. The SMILES string of the molecule is COc1cccc([C@@H]2OC(c3ccc(OCCCO)cc3)=N[C@]2(CCC(=O)OC(C)(C)C)C(=O)NNCCc2cc(F)cc(F)c2)c1. The molecule has 1 aliphatic heterocycles. The van der Waals surface area contributed by atoms with Gasteiger partial charge in [-0.25, -0.2) is 19.2 Å². The molecule has 47 heavy (non-hydrogen) atoms. The van der Waals surface area contributed by atoms with Gasteiger partial charge in [0.15, 0.2) is 11.6 Å². The van der Waals surface area contributed by atoms with Crippen LogP contribution in [0.5, 0.6) is 11.5 Å². The van der Waals surface area contributed by atoms with E-state index in [-0.39, 0.29) is 38.3 Å². The number of aliphatic hydroxyl groups is 1. The second-order valence-corrected chi connectivity index (χ2v) is 12.1. The molecule has 0 aliphatic carbocycles. The van der Waals surface area contributed by atoms with Crippen molar-refractivity contribution >= 4 is 17.8 Å². The molecule has 1 heterocycles. The van der Waals surface area contributed by atoms with Gasteiger partial charge >= 0.3 is 5.97 Å². The molecule has 12 heteroatoms. The highest BCUT2D eigenvalue weighted by Crippen LogP contribution is 2.44. The van der Waals surface area contributed by atoms with E-state index < -0.39 is 40.8 Å². The monoisotopic (exact) mass is 653 g/mol. The first-order chi connectivity index (χ1) is 22.4. The van der Waals surface area contributed by atoms with Crippen LogP contribution in [0.3, 0.4) is 0 Å². The van der Waals surface area contributed by atoms with Crippen LogP contribution in [0.2, 0.25) is 0 Å². The van der Waals surface area contributed by atoms with Gasteiger partial charge in [0.2, 0.25) is 5.90 Å². The fourth-order valence-corrected chi connectivity index (χ4v) is 5.07. The number of ether oxygens (including phenoxy) is 4. The van der Waals surface area contributed by atoms with E-state index in [4.69, 9.17) is 29.0 Å². The molecular weight excluding hydrogens is 612 g/mol. The topological polar surface area (TPSA) is 128 Å². The minimum Gasteiger partial charge on any atom is -0.497 e. The number of nitrogens with zero attached hydrogens (tertiary/aromatic N) is 1. The molecule has 0 radical (unpaired) electrons. The molecule has 3 aromatic rings. The third-order valence-corrected chi connectivity index (χ3v) is 7.22. The van der Waals surface area contributed by atoms with Crippen molar-refractivity contribution in [3.05, 3.63) is 95.1 Å². The smallest absolute Gasteiger partial charge is 0.306 e. The molecule has 0 saturated heterocycles. The zero-order chi connectivity index (χ0) is 34.0. The lowest BCUT2D eigenvalue weighted by Crippen LogP contribution is -2.53. The molecule has 0 bridgehead atoms. The summed E-state index contributed by atoms with van der Waals surface area (Å²) in [6, 6.07) is 17.2. The zero-order valence-electron chi connectivity index (χ0n) is 27.0. The summed E-state index contributed by atoms with van der Waals surface area (Å²) in [7, 11) is 1.53. The third kappa shape index (κ3) is 9.72. The molecule has 2 atom stereocenters. The van der Waals surface area contributed by atoms with Gasteiger partial charge in [0, 0.05) is 37.6 Å². The van der Waals surface area contributed by atoms with E-state index in [1.54, 1.807) is 69.3 Å². The van der Waals surface area contributed by atoms with Crippen LogP contribution in [0.25, 0.3) is 0 Å². The van der Waals surface area contributed by atoms with Crippen LogP contribution < -0.4 is 20.3 Å². The summed E-state index contributed by atoms with van der Waals surface area (Å²) in [4.78, 5) is 32.0. The number of nitrogens with one attached hydrogen (secondary N) is 2. The molecule has 252 valence electrons. The molecule has 4 rings (SSSR count). The molecule has 0 spiro atoms. The van der Waals surface area contributed by atoms with Crippen molar-refractivity contribution < 1.29 is 42.4 Å². The van der Waals surface area contributed by atoms with E-state index in [1.165, 1.54) is 19.2 Å². The van der Waals surface area contributed by atoms with Gasteiger partial charge in [0.05, 0.1) is 13.7 Å². The summed E-state index contributed by atoms with van der Waals surface area (Å²) in [5.41, 5.74) is 4.70. The first-order valence-corrected chi connectivity index (χ1v) is 15.4. The van der Waals surface area contributed by atoms with Crippen LogP contribution in [-0.2, 0) is 25.5 Å². The highest BCUT2D eigenvalue weighted by Gasteiger charge is 2.53. The van der Waals surface area contributed by atoms with Crippen LogP contribution >= 0.6 is 0 Å². The van der Waals surface area contributed by atoms with Crippen LogP contribution in [0, 0.1) is 11.6 Å². The highest BCUT2D eigenvalue weighted by molar-refractivity contribution is 6.01. The lowest BCUT2D eigenvalue weighted by atomic mass is 9.83. The Balaban J connectivity index is 1.66. The van der Waals surface area contributed by atoms with Crippen LogP contribution in [0.4, 0.5) is 8.78 Å². The van der Waals surface area contributed by atoms with Gasteiger partial charge in [-0.1, -0.05) is 12.1 Å². The average Bonchev–Trinajstić information content (AvgIpc) is 3.42. The Kier molecular flexibility index (Phi) is 11.9. The molecule has 3 N–H and O–H groups in total. The van der Waals surface area contributed by atoms with E-state index in [0.29, 0.717) is 41.2 Å². The van der Waals surface area contributed by atoms with Crippen LogP contribution in [0.15, 0.2) is 71.7 Å². The van der Waals surface area contributed by atoms with Gasteiger partial charge < -0.3 is 24.1 Å². The summed E-state index contributed by atoms with van der Waals surface area (Å²) < 4.78 is 50.4. The summed E-state index contributed by atoms with van der Waals surface area (Å²) >= 11 is 0. The maximum atomic E-state index is 14.2. The molecule has 1 amide bonds. The number of halogens is 2. The Bertz CT molecular complexity index is 1540. The summed E-state index contributed by atoms with van der Waals surface area (Å²) in [6.45, 7) is 5.78. The Morgan fingerprint density at radius 2 is 1.74 bits per heavy atom. The molecule has 0 saturated carbocycles. The number of benzene rings is 3. The average molecular weight is 654 g/mol. The standard InChI is InChI=1S/C35H41F2N3O7/c1-34(2,3)47-30(42)13-15-35(33(43)40-38-16-14-23-19-26(36)22-27(37)20-23)31(25-7-5-8-29(21-25)44-4)46-32(39-35)24-9-11-28(12-10-24)45-18-6-17-41/h5,7-12,19-22,31,38,41H,6,13-18H2,1-4H3,(H,40,43)/t31-,35-/m0/s1. The van der Waals surface area contributed by atoms with E-state index in [2.05, 4.69) is 10.9 Å². The number of carbonyl (C=O) groups excluding carboxylic acids is 2. The number of esters is 1. The van der Waals surface area contributed by atoms with Gasteiger partial charge in [-0.05, 0) is 93.3 Å². The quantitative estimate of drug-likeness (QED) is 0.119. The molecule has 3 aromatic carbocycles. The first kappa shape index (κ1) is 35.3.